The summed E-state index contributed by atoms with van der Waals surface area (Å²) in [5.41, 5.74) is 1.83. The summed E-state index contributed by atoms with van der Waals surface area (Å²) < 4.78 is 0. The first-order valence-corrected chi connectivity index (χ1v) is 6.61. The number of likely N-dealkylation sites (tertiary alicyclic amines) is 1. The molecule has 1 atom stereocenters. The first-order valence-electron chi connectivity index (χ1n) is 6.61. The van der Waals surface area contributed by atoms with Crippen LogP contribution in [0.15, 0.2) is 24.3 Å². The quantitative estimate of drug-likeness (QED) is 0.908. The molecule has 1 fully saturated rings. The maximum Gasteiger partial charge on any atom is 0.308 e. The summed E-state index contributed by atoms with van der Waals surface area (Å²) in [5, 5.41) is 8.94. The van der Waals surface area contributed by atoms with Crippen molar-refractivity contribution in [1.29, 1.82) is 0 Å². The highest BCUT2D eigenvalue weighted by Gasteiger charge is 2.31. The monoisotopic (exact) mass is 261 g/mol. The maximum atomic E-state index is 12.2. The van der Waals surface area contributed by atoms with Crippen LogP contribution in [0.2, 0.25) is 0 Å². The molecule has 1 saturated heterocycles. The zero-order valence-electron chi connectivity index (χ0n) is 11.3. The average molecular weight is 261 g/mol. The summed E-state index contributed by atoms with van der Waals surface area (Å²) in [6.45, 7) is 5.06. The third kappa shape index (κ3) is 2.95. The van der Waals surface area contributed by atoms with Crippen LogP contribution in [0.1, 0.15) is 42.1 Å². The van der Waals surface area contributed by atoms with Crippen molar-refractivity contribution < 1.29 is 14.7 Å². The van der Waals surface area contributed by atoms with E-state index in [1.54, 1.807) is 4.90 Å². The van der Waals surface area contributed by atoms with Gasteiger partial charge < -0.3 is 10.0 Å². The summed E-state index contributed by atoms with van der Waals surface area (Å²) in [7, 11) is 0. The van der Waals surface area contributed by atoms with E-state index in [9.17, 15) is 9.59 Å². The number of carboxylic acids is 1. The zero-order chi connectivity index (χ0) is 14.0. The highest BCUT2D eigenvalue weighted by atomic mass is 16.4. The fraction of sp³-hybridized carbons (Fsp3) is 0.467. The number of benzene rings is 1. The number of rotatable bonds is 3. The van der Waals surface area contributed by atoms with Crippen molar-refractivity contribution in [1.82, 2.24) is 4.90 Å². The third-order valence-corrected chi connectivity index (χ3v) is 3.65. The van der Waals surface area contributed by atoms with Crippen molar-refractivity contribution in [2.45, 2.75) is 26.2 Å². The SMILES string of the molecule is CC(C)c1ccc(C(=O)N2CCC(C(=O)O)C2)cc1. The van der Waals surface area contributed by atoms with Crippen LogP contribution in [0.5, 0.6) is 0 Å². The molecule has 4 heteroatoms. The smallest absolute Gasteiger partial charge is 0.308 e. The van der Waals surface area contributed by atoms with Gasteiger partial charge in [0.1, 0.15) is 0 Å². The Balaban J connectivity index is 2.06. The van der Waals surface area contributed by atoms with Crippen molar-refractivity contribution in [3.05, 3.63) is 35.4 Å². The van der Waals surface area contributed by atoms with E-state index < -0.39 is 11.9 Å². The van der Waals surface area contributed by atoms with Gasteiger partial charge in [-0.25, -0.2) is 0 Å². The van der Waals surface area contributed by atoms with Gasteiger partial charge in [0.15, 0.2) is 0 Å². The molecule has 1 heterocycles. The van der Waals surface area contributed by atoms with Crippen LogP contribution < -0.4 is 0 Å². The Bertz CT molecular complexity index is 479. The molecule has 1 aromatic rings. The van der Waals surface area contributed by atoms with Crippen LogP contribution >= 0.6 is 0 Å². The van der Waals surface area contributed by atoms with Gasteiger partial charge in [0, 0.05) is 18.7 Å². The lowest BCUT2D eigenvalue weighted by Gasteiger charge is -2.16. The van der Waals surface area contributed by atoms with Gasteiger partial charge in [-0.1, -0.05) is 26.0 Å². The molecule has 102 valence electrons. The molecule has 0 radical (unpaired) electrons. The lowest BCUT2D eigenvalue weighted by Crippen LogP contribution is -2.29. The number of hydrogen-bond acceptors (Lipinski definition) is 2. The predicted molar refractivity (Wildman–Crippen MR) is 72.2 cm³/mol. The van der Waals surface area contributed by atoms with Gasteiger partial charge in [-0.15, -0.1) is 0 Å². The summed E-state index contributed by atoms with van der Waals surface area (Å²) in [4.78, 5) is 24.7. The zero-order valence-corrected chi connectivity index (χ0v) is 11.3. The summed E-state index contributed by atoms with van der Waals surface area (Å²) in [5.74, 6) is -0.865. The minimum Gasteiger partial charge on any atom is -0.481 e. The molecule has 1 unspecified atom stereocenters. The highest BCUT2D eigenvalue weighted by molar-refractivity contribution is 5.94. The van der Waals surface area contributed by atoms with Crippen LogP contribution in [0, 0.1) is 5.92 Å². The Morgan fingerprint density at radius 2 is 1.89 bits per heavy atom. The molecular weight excluding hydrogens is 242 g/mol. The number of carbonyl (C=O) groups is 2. The van der Waals surface area contributed by atoms with E-state index in [4.69, 9.17) is 5.11 Å². The van der Waals surface area contributed by atoms with Crippen LogP contribution in [-0.4, -0.2) is 35.0 Å². The van der Waals surface area contributed by atoms with E-state index in [1.165, 1.54) is 5.56 Å². The number of amides is 1. The van der Waals surface area contributed by atoms with Gasteiger partial charge in [-0.3, -0.25) is 9.59 Å². The molecule has 1 aromatic carbocycles. The Morgan fingerprint density at radius 1 is 1.26 bits per heavy atom. The molecule has 4 nitrogen and oxygen atoms in total. The minimum absolute atomic E-state index is 0.0703. The third-order valence-electron chi connectivity index (χ3n) is 3.65. The second-order valence-electron chi connectivity index (χ2n) is 5.35. The van der Waals surface area contributed by atoms with E-state index in [0.717, 1.165) is 0 Å². The Labute approximate surface area is 113 Å². The summed E-state index contributed by atoms with van der Waals surface area (Å²) in [6.07, 6.45) is 0.547. The van der Waals surface area contributed by atoms with Crippen molar-refractivity contribution in [3.63, 3.8) is 0 Å². The molecule has 0 aliphatic carbocycles. The van der Waals surface area contributed by atoms with Crippen molar-refractivity contribution in [3.8, 4) is 0 Å². The molecule has 1 amide bonds. The first-order chi connectivity index (χ1) is 8.99. The van der Waals surface area contributed by atoms with Gasteiger partial charge >= 0.3 is 5.97 Å². The Hall–Kier alpha value is -1.84. The Kier molecular flexibility index (Phi) is 3.88. The number of carboxylic acid groups (broad SMARTS) is 1. The van der Waals surface area contributed by atoms with E-state index in [2.05, 4.69) is 13.8 Å². The lowest BCUT2D eigenvalue weighted by atomic mass is 10.0. The summed E-state index contributed by atoms with van der Waals surface area (Å²) in [6, 6.07) is 7.57. The van der Waals surface area contributed by atoms with E-state index in [1.807, 2.05) is 24.3 Å². The number of aliphatic carboxylic acids is 1. The lowest BCUT2D eigenvalue weighted by molar-refractivity contribution is -0.141. The van der Waals surface area contributed by atoms with E-state index in [0.29, 0.717) is 31.0 Å². The average Bonchev–Trinajstić information content (AvgIpc) is 2.87. The highest BCUT2D eigenvalue weighted by Crippen LogP contribution is 2.20. The van der Waals surface area contributed by atoms with Crippen molar-refractivity contribution >= 4 is 11.9 Å². The normalized spacial score (nSPS) is 18.9. The van der Waals surface area contributed by atoms with E-state index in [-0.39, 0.29) is 5.91 Å². The molecule has 1 N–H and O–H groups in total. The fourth-order valence-electron chi connectivity index (χ4n) is 2.34. The minimum atomic E-state index is -0.814. The second-order valence-corrected chi connectivity index (χ2v) is 5.35. The van der Waals surface area contributed by atoms with E-state index >= 15 is 0 Å². The van der Waals surface area contributed by atoms with Gasteiger partial charge in [0.2, 0.25) is 0 Å². The van der Waals surface area contributed by atoms with Gasteiger partial charge in [-0.05, 0) is 30.0 Å². The fourth-order valence-corrected chi connectivity index (χ4v) is 2.34. The molecule has 2 rings (SSSR count). The molecule has 0 bridgehead atoms. The van der Waals surface area contributed by atoms with Gasteiger partial charge in [0.25, 0.3) is 5.91 Å². The number of nitrogens with zero attached hydrogens (tertiary/aromatic N) is 1. The van der Waals surface area contributed by atoms with Crippen LogP contribution in [0.25, 0.3) is 0 Å². The molecule has 19 heavy (non-hydrogen) atoms. The molecule has 0 aromatic heterocycles. The van der Waals surface area contributed by atoms with Crippen molar-refractivity contribution in [2.75, 3.05) is 13.1 Å². The molecule has 1 aliphatic heterocycles. The largest absolute Gasteiger partial charge is 0.481 e. The van der Waals surface area contributed by atoms with Crippen LogP contribution in [-0.2, 0) is 4.79 Å². The maximum absolute atomic E-state index is 12.2. The van der Waals surface area contributed by atoms with Gasteiger partial charge in [0.05, 0.1) is 5.92 Å². The second kappa shape index (κ2) is 5.43. The number of hydrogen-bond donors (Lipinski definition) is 1. The van der Waals surface area contributed by atoms with Crippen molar-refractivity contribution in [2.24, 2.45) is 5.92 Å². The van der Waals surface area contributed by atoms with Gasteiger partial charge in [-0.2, -0.15) is 0 Å². The first kappa shape index (κ1) is 13.6. The topological polar surface area (TPSA) is 57.6 Å². The molecule has 0 saturated carbocycles. The standard InChI is InChI=1S/C15H19NO3/c1-10(2)11-3-5-12(6-4-11)14(17)16-8-7-13(9-16)15(18)19/h3-6,10,13H,7-9H2,1-2H3,(H,18,19). The molecule has 0 spiro atoms. The summed E-state index contributed by atoms with van der Waals surface area (Å²) >= 11 is 0. The molecular formula is C15H19NO3. The van der Waals surface area contributed by atoms with Crippen LogP contribution in [0.4, 0.5) is 0 Å². The Morgan fingerprint density at radius 3 is 2.37 bits per heavy atom. The predicted octanol–water partition coefficient (Wildman–Crippen LogP) is 2.36. The van der Waals surface area contributed by atoms with Crippen LogP contribution in [0.3, 0.4) is 0 Å². The molecule has 1 aliphatic rings. The number of carbonyl (C=O) groups excluding carboxylic acids is 1.